The van der Waals surface area contributed by atoms with E-state index >= 15 is 0 Å². The Bertz CT molecular complexity index is 630. The standard InChI is InChI=1S/C14H16ClN3O2S/c1-9-2-3-10(7-12(9)15)6-11-8-17-14(21-11)18-13(20)16-4-5-19/h2-3,7-8,19H,4-6H2,1H3,(H2,16,17,18,20). The Hall–Kier alpha value is -1.63. The van der Waals surface area contributed by atoms with Crippen LogP contribution in [0.25, 0.3) is 0 Å². The first-order chi connectivity index (χ1) is 10.1. The van der Waals surface area contributed by atoms with Crippen molar-refractivity contribution in [2.75, 3.05) is 18.5 Å². The number of aliphatic hydroxyl groups excluding tert-OH is 1. The van der Waals surface area contributed by atoms with E-state index in [0.717, 1.165) is 27.4 Å². The van der Waals surface area contributed by atoms with Crippen molar-refractivity contribution >= 4 is 34.1 Å². The van der Waals surface area contributed by atoms with E-state index in [2.05, 4.69) is 15.6 Å². The number of carbonyl (C=O) groups is 1. The van der Waals surface area contributed by atoms with Gasteiger partial charge < -0.3 is 10.4 Å². The summed E-state index contributed by atoms with van der Waals surface area (Å²) in [7, 11) is 0. The predicted molar refractivity (Wildman–Crippen MR) is 85.2 cm³/mol. The summed E-state index contributed by atoms with van der Waals surface area (Å²) >= 11 is 7.52. The molecule has 3 N–H and O–H groups in total. The fourth-order valence-electron chi connectivity index (χ4n) is 1.71. The van der Waals surface area contributed by atoms with Crippen LogP contribution in [0.1, 0.15) is 16.0 Å². The van der Waals surface area contributed by atoms with E-state index in [1.165, 1.54) is 11.3 Å². The number of aryl methyl sites for hydroxylation is 1. The van der Waals surface area contributed by atoms with Gasteiger partial charge in [0, 0.05) is 29.1 Å². The van der Waals surface area contributed by atoms with Gasteiger partial charge >= 0.3 is 6.03 Å². The molecular weight excluding hydrogens is 310 g/mol. The molecule has 2 amide bonds. The van der Waals surface area contributed by atoms with Gasteiger partial charge in [0.1, 0.15) is 0 Å². The number of rotatable bonds is 5. The maximum absolute atomic E-state index is 11.4. The van der Waals surface area contributed by atoms with Gasteiger partial charge in [-0.05, 0) is 24.1 Å². The molecule has 21 heavy (non-hydrogen) atoms. The maximum atomic E-state index is 11.4. The van der Waals surface area contributed by atoms with Crippen molar-refractivity contribution in [2.24, 2.45) is 0 Å². The second-order valence-corrected chi connectivity index (χ2v) is 6.02. The number of benzene rings is 1. The van der Waals surface area contributed by atoms with Crippen molar-refractivity contribution in [3.05, 3.63) is 45.4 Å². The molecule has 2 rings (SSSR count). The van der Waals surface area contributed by atoms with Gasteiger partial charge in [0.25, 0.3) is 0 Å². The molecule has 0 radical (unpaired) electrons. The average molecular weight is 326 g/mol. The highest BCUT2D eigenvalue weighted by Gasteiger charge is 2.07. The summed E-state index contributed by atoms with van der Waals surface area (Å²) in [5.41, 5.74) is 2.15. The Balaban J connectivity index is 1.96. The molecule has 112 valence electrons. The molecule has 1 heterocycles. The first kappa shape index (κ1) is 15.8. The van der Waals surface area contributed by atoms with Crippen molar-refractivity contribution in [1.82, 2.24) is 10.3 Å². The van der Waals surface area contributed by atoms with Crippen LogP contribution in [0.3, 0.4) is 0 Å². The normalized spacial score (nSPS) is 10.4. The highest BCUT2D eigenvalue weighted by atomic mass is 35.5. The van der Waals surface area contributed by atoms with Gasteiger partial charge in [0.05, 0.1) is 6.61 Å². The van der Waals surface area contributed by atoms with E-state index in [0.29, 0.717) is 5.13 Å². The van der Waals surface area contributed by atoms with Crippen LogP contribution in [0, 0.1) is 6.92 Å². The summed E-state index contributed by atoms with van der Waals surface area (Å²) < 4.78 is 0. The van der Waals surface area contributed by atoms with Crippen LogP contribution >= 0.6 is 22.9 Å². The molecule has 0 spiro atoms. The van der Waals surface area contributed by atoms with Crippen LogP contribution in [0.15, 0.2) is 24.4 Å². The number of hydrogen-bond donors (Lipinski definition) is 3. The summed E-state index contributed by atoms with van der Waals surface area (Å²) in [5, 5.41) is 15.0. The third-order valence-corrected chi connectivity index (χ3v) is 4.11. The van der Waals surface area contributed by atoms with Gasteiger partial charge in [-0.15, -0.1) is 11.3 Å². The number of hydrogen-bond acceptors (Lipinski definition) is 4. The number of urea groups is 1. The largest absolute Gasteiger partial charge is 0.395 e. The lowest BCUT2D eigenvalue weighted by Crippen LogP contribution is -2.30. The molecule has 0 saturated carbocycles. The fraction of sp³-hybridized carbons (Fsp3) is 0.286. The topological polar surface area (TPSA) is 74.2 Å². The highest BCUT2D eigenvalue weighted by molar-refractivity contribution is 7.15. The first-order valence-corrected chi connectivity index (χ1v) is 7.63. The minimum Gasteiger partial charge on any atom is -0.395 e. The van der Waals surface area contributed by atoms with E-state index in [-0.39, 0.29) is 19.2 Å². The van der Waals surface area contributed by atoms with Gasteiger partial charge in [-0.25, -0.2) is 9.78 Å². The summed E-state index contributed by atoms with van der Waals surface area (Å²) in [6.45, 7) is 2.09. The fourth-order valence-corrected chi connectivity index (χ4v) is 2.75. The zero-order valence-corrected chi connectivity index (χ0v) is 13.1. The molecule has 0 aliphatic carbocycles. The van der Waals surface area contributed by atoms with Crippen molar-refractivity contribution in [3.63, 3.8) is 0 Å². The summed E-state index contributed by atoms with van der Waals surface area (Å²) in [6.07, 6.45) is 2.46. The van der Waals surface area contributed by atoms with E-state index in [1.807, 2.05) is 25.1 Å². The van der Waals surface area contributed by atoms with Gasteiger partial charge in [-0.3, -0.25) is 5.32 Å². The monoisotopic (exact) mass is 325 g/mol. The van der Waals surface area contributed by atoms with Crippen LogP contribution in [0.4, 0.5) is 9.93 Å². The highest BCUT2D eigenvalue weighted by Crippen LogP contribution is 2.23. The minimum atomic E-state index is -0.372. The number of nitrogens with one attached hydrogen (secondary N) is 2. The van der Waals surface area contributed by atoms with Gasteiger partial charge in [0.15, 0.2) is 5.13 Å². The number of anilines is 1. The van der Waals surface area contributed by atoms with Crippen molar-refractivity contribution in [2.45, 2.75) is 13.3 Å². The second kappa shape index (κ2) is 7.40. The Labute approximate surface area is 132 Å². The zero-order chi connectivity index (χ0) is 15.2. The Morgan fingerprint density at radius 1 is 1.48 bits per heavy atom. The van der Waals surface area contributed by atoms with E-state index in [4.69, 9.17) is 16.7 Å². The number of thiazole rings is 1. The SMILES string of the molecule is Cc1ccc(Cc2cnc(NC(=O)NCCO)s2)cc1Cl. The van der Waals surface area contributed by atoms with E-state index in [1.54, 1.807) is 6.20 Å². The summed E-state index contributed by atoms with van der Waals surface area (Å²) in [5.74, 6) is 0. The molecule has 0 bridgehead atoms. The molecule has 0 aliphatic heterocycles. The average Bonchev–Trinajstić information content (AvgIpc) is 2.88. The quantitative estimate of drug-likeness (QED) is 0.791. The van der Waals surface area contributed by atoms with Gasteiger partial charge in [-0.1, -0.05) is 23.7 Å². The number of halogens is 1. The van der Waals surface area contributed by atoms with Crippen LogP contribution < -0.4 is 10.6 Å². The molecule has 7 heteroatoms. The van der Waals surface area contributed by atoms with Gasteiger partial charge in [-0.2, -0.15) is 0 Å². The Kier molecular flexibility index (Phi) is 5.55. The lowest BCUT2D eigenvalue weighted by Gasteiger charge is -2.03. The Morgan fingerprint density at radius 3 is 3.00 bits per heavy atom. The predicted octanol–water partition coefficient (Wildman–Crippen LogP) is 2.81. The molecule has 0 fully saturated rings. The van der Waals surface area contributed by atoms with Gasteiger partial charge in [0.2, 0.25) is 0 Å². The third-order valence-electron chi connectivity index (χ3n) is 2.79. The number of carbonyl (C=O) groups excluding carboxylic acids is 1. The molecule has 0 saturated heterocycles. The van der Waals surface area contributed by atoms with Crippen LogP contribution in [-0.4, -0.2) is 29.3 Å². The lowest BCUT2D eigenvalue weighted by atomic mass is 10.1. The molecule has 1 aromatic carbocycles. The molecule has 5 nitrogen and oxygen atoms in total. The number of amides is 2. The lowest BCUT2D eigenvalue weighted by molar-refractivity contribution is 0.245. The molecule has 0 atom stereocenters. The Morgan fingerprint density at radius 2 is 2.29 bits per heavy atom. The molecule has 0 unspecified atom stereocenters. The summed E-state index contributed by atoms with van der Waals surface area (Å²) in [6, 6.07) is 5.59. The van der Waals surface area contributed by atoms with Crippen LogP contribution in [0.5, 0.6) is 0 Å². The molecule has 2 aromatic rings. The molecule has 1 aromatic heterocycles. The number of aromatic nitrogens is 1. The van der Waals surface area contributed by atoms with E-state index < -0.39 is 0 Å². The summed E-state index contributed by atoms with van der Waals surface area (Å²) in [4.78, 5) is 16.6. The third kappa shape index (κ3) is 4.70. The first-order valence-electron chi connectivity index (χ1n) is 6.44. The molecular formula is C14H16ClN3O2S. The van der Waals surface area contributed by atoms with Crippen LogP contribution in [0.2, 0.25) is 5.02 Å². The van der Waals surface area contributed by atoms with Crippen molar-refractivity contribution in [3.8, 4) is 0 Å². The minimum absolute atomic E-state index is 0.0925. The van der Waals surface area contributed by atoms with Crippen molar-refractivity contribution < 1.29 is 9.90 Å². The van der Waals surface area contributed by atoms with E-state index in [9.17, 15) is 4.79 Å². The smallest absolute Gasteiger partial charge is 0.321 e. The number of nitrogens with zero attached hydrogens (tertiary/aromatic N) is 1. The van der Waals surface area contributed by atoms with Crippen LogP contribution in [-0.2, 0) is 6.42 Å². The number of aliphatic hydroxyl groups is 1. The zero-order valence-electron chi connectivity index (χ0n) is 11.5. The molecule has 0 aliphatic rings. The van der Waals surface area contributed by atoms with Crippen molar-refractivity contribution in [1.29, 1.82) is 0 Å². The maximum Gasteiger partial charge on any atom is 0.321 e. The second-order valence-electron chi connectivity index (χ2n) is 4.50.